The molecule has 4 aromatic heterocycles. The molecule has 0 amide bonds. The zero-order chi connectivity index (χ0) is 29.7. The highest BCUT2D eigenvalue weighted by Gasteiger charge is 2.35. The molecule has 2 aromatic carbocycles. The van der Waals surface area contributed by atoms with E-state index in [1.807, 2.05) is 37.5 Å². The largest absolute Gasteiger partial charge is 0.484 e. The molecule has 1 unspecified atom stereocenters. The molecule has 11 heteroatoms. The number of pyridine rings is 2. The van der Waals surface area contributed by atoms with Crippen LogP contribution in [0.3, 0.4) is 0 Å². The highest BCUT2D eigenvalue weighted by molar-refractivity contribution is 7.90. The van der Waals surface area contributed by atoms with Crippen molar-refractivity contribution in [2.75, 3.05) is 13.1 Å². The van der Waals surface area contributed by atoms with Crippen molar-refractivity contribution < 1.29 is 13.2 Å². The molecular formula is C32H27N7O3S. The Labute approximate surface area is 248 Å². The Bertz CT molecular complexity index is 2130. The predicted octanol–water partition coefficient (Wildman–Crippen LogP) is 4.92. The molecule has 0 N–H and O–H groups in total. The quantitative estimate of drug-likeness (QED) is 0.258. The van der Waals surface area contributed by atoms with Gasteiger partial charge < -0.3 is 4.74 Å². The molecule has 10 nitrogen and oxygen atoms in total. The molecule has 0 spiro atoms. The number of nitrogens with zero attached hydrogens (tertiary/aromatic N) is 7. The molecule has 1 saturated heterocycles. The number of fused-ring (bicyclic) bond motifs is 3. The molecule has 1 aliphatic rings. The minimum Gasteiger partial charge on any atom is -0.484 e. The summed E-state index contributed by atoms with van der Waals surface area (Å²) in [5.74, 6) is 0.258. The van der Waals surface area contributed by atoms with Crippen molar-refractivity contribution in [3.05, 3.63) is 103 Å². The highest BCUT2D eigenvalue weighted by Crippen LogP contribution is 2.41. The standard InChI is InChI=1S/C32H27N7O3S/c1-21(22-9-5-3-6-10-22)38-19-25(20-38)42-31-28(14-33)34-17-29-30(31)27-13-23(24-16-36-37(2)18-24)15-35-32(27)39(29)43(40,41)26-11-7-4-8-12-26/h3-13,15-18,21,25H,19-20H2,1-2H3. The monoisotopic (exact) mass is 589 g/mol. The summed E-state index contributed by atoms with van der Waals surface area (Å²) in [5, 5.41) is 15.4. The molecule has 0 bridgehead atoms. The Morgan fingerprint density at radius 2 is 1.70 bits per heavy atom. The van der Waals surface area contributed by atoms with Gasteiger partial charge in [0.1, 0.15) is 12.2 Å². The van der Waals surface area contributed by atoms with Gasteiger partial charge in [0.15, 0.2) is 17.1 Å². The molecule has 1 fully saturated rings. The van der Waals surface area contributed by atoms with E-state index in [1.165, 1.54) is 15.7 Å². The zero-order valence-corrected chi connectivity index (χ0v) is 24.3. The number of aryl methyl sites for hydroxylation is 1. The Morgan fingerprint density at radius 3 is 2.37 bits per heavy atom. The normalized spacial score (nSPS) is 14.9. The van der Waals surface area contributed by atoms with Crippen LogP contribution in [0.2, 0.25) is 0 Å². The number of rotatable bonds is 7. The summed E-state index contributed by atoms with van der Waals surface area (Å²) in [6, 6.07) is 22.7. The van der Waals surface area contributed by atoms with E-state index in [2.05, 4.69) is 45.1 Å². The molecule has 7 rings (SSSR count). The van der Waals surface area contributed by atoms with Gasteiger partial charge in [-0.05, 0) is 30.7 Å². The van der Waals surface area contributed by atoms with Crippen molar-refractivity contribution in [2.45, 2.75) is 24.0 Å². The third-order valence-corrected chi connectivity index (χ3v) is 9.70. The lowest BCUT2D eigenvalue weighted by molar-refractivity contribution is -0.00470. The third-order valence-electron chi connectivity index (χ3n) is 7.98. The van der Waals surface area contributed by atoms with Crippen LogP contribution < -0.4 is 4.74 Å². The van der Waals surface area contributed by atoms with Crippen LogP contribution >= 0.6 is 0 Å². The molecule has 0 radical (unpaired) electrons. The fraction of sp³-hybridized carbons (Fsp3) is 0.188. The Morgan fingerprint density at radius 1 is 0.977 bits per heavy atom. The molecule has 0 saturated carbocycles. The molecular weight excluding hydrogens is 562 g/mol. The van der Waals surface area contributed by atoms with Crippen molar-refractivity contribution >= 4 is 32.0 Å². The Hall–Kier alpha value is -5.05. The van der Waals surface area contributed by atoms with Crippen molar-refractivity contribution in [1.29, 1.82) is 5.26 Å². The van der Waals surface area contributed by atoms with Gasteiger partial charge in [0.25, 0.3) is 10.0 Å². The van der Waals surface area contributed by atoms with E-state index in [0.29, 0.717) is 23.9 Å². The summed E-state index contributed by atoms with van der Waals surface area (Å²) in [7, 11) is -2.25. The second kappa shape index (κ2) is 10.3. The lowest BCUT2D eigenvalue weighted by atomic mass is 10.0. The molecule has 214 valence electrons. The van der Waals surface area contributed by atoms with E-state index in [4.69, 9.17) is 4.74 Å². The molecule has 1 atom stereocenters. The third kappa shape index (κ3) is 4.52. The van der Waals surface area contributed by atoms with E-state index in [-0.39, 0.29) is 39.6 Å². The summed E-state index contributed by atoms with van der Waals surface area (Å²) in [6.07, 6.45) is 6.42. The van der Waals surface area contributed by atoms with Crippen molar-refractivity contribution in [1.82, 2.24) is 28.6 Å². The maximum absolute atomic E-state index is 14.1. The number of nitriles is 1. The first-order valence-corrected chi connectivity index (χ1v) is 15.3. The maximum atomic E-state index is 14.1. The van der Waals surface area contributed by atoms with E-state index >= 15 is 0 Å². The number of hydrogen-bond acceptors (Lipinski definition) is 8. The number of hydrogen-bond donors (Lipinski definition) is 0. The van der Waals surface area contributed by atoms with Crippen LogP contribution in [-0.4, -0.2) is 56.2 Å². The topological polar surface area (TPSA) is 119 Å². The molecule has 5 heterocycles. The summed E-state index contributed by atoms with van der Waals surface area (Å²) < 4.78 is 37.5. The molecule has 0 aliphatic carbocycles. The number of aromatic nitrogens is 5. The van der Waals surface area contributed by atoms with Crippen molar-refractivity contribution in [3.63, 3.8) is 0 Å². The van der Waals surface area contributed by atoms with Gasteiger partial charge in [-0.25, -0.2) is 22.4 Å². The fourth-order valence-corrected chi connectivity index (χ4v) is 7.13. The first kappa shape index (κ1) is 26.8. The SMILES string of the molecule is CC(c1ccccc1)N1CC(Oc2c(C#N)ncc3c2c2cc(-c4cnn(C)c4)cnc2n3S(=O)(=O)c2ccccc2)C1. The van der Waals surface area contributed by atoms with Gasteiger partial charge in [-0.2, -0.15) is 10.4 Å². The lowest BCUT2D eigenvalue weighted by Crippen LogP contribution is -2.54. The van der Waals surface area contributed by atoms with Crippen LogP contribution in [0.5, 0.6) is 5.75 Å². The second-order valence-corrected chi connectivity index (χ2v) is 12.5. The maximum Gasteiger partial charge on any atom is 0.269 e. The van der Waals surface area contributed by atoms with E-state index in [9.17, 15) is 13.7 Å². The van der Waals surface area contributed by atoms with E-state index in [0.717, 1.165) is 11.1 Å². The highest BCUT2D eigenvalue weighted by atomic mass is 32.2. The molecule has 1 aliphatic heterocycles. The van der Waals surface area contributed by atoms with Crippen LogP contribution in [0.1, 0.15) is 24.2 Å². The minimum absolute atomic E-state index is 0.0880. The van der Waals surface area contributed by atoms with Crippen LogP contribution in [0.25, 0.3) is 33.1 Å². The average molecular weight is 590 g/mol. The van der Waals surface area contributed by atoms with Crippen LogP contribution in [-0.2, 0) is 17.1 Å². The second-order valence-electron chi connectivity index (χ2n) is 10.7. The van der Waals surface area contributed by atoms with E-state index in [1.54, 1.807) is 47.4 Å². The van der Waals surface area contributed by atoms with Gasteiger partial charge in [0.2, 0.25) is 0 Å². The number of benzene rings is 2. The van der Waals surface area contributed by atoms with Gasteiger partial charge in [0, 0.05) is 55.1 Å². The first-order chi connectivity index (χ1) is 20.8. The predicted molar refractivity (Wildman–Crippen MR) is 162 cm³/mol. The van der Waals surface area contributed by atoms with Crippen molar-refractivity contribution in [2.24, 2.45) is 7.05 Å². The number of ether oxygens (including phenoxy) is 1. The Kier molecular flexibility index (Phi) is 6.45. The first-order valence-electron chi connectivity index (χ1n) is 13.8. The summed E-state index contributed by atoms with van der Waals surface area (Å²) >= 11 is 0. The number of likely N-dealkylation sites (tertiary alicyclic amines) is 1. The summed E-state index contributed by atoms with van der Waals surface area (Å²) in [4.78, 5) is 11.4. The van der Waals surface area contributed by atoms with Gasteiger partial charge in [-0.3, -0.25) is 9.58 Å². The lowest BCUT2D eigenvalue weighted by Gasteiger charge is -2.43. The Balaban J connectivity index is 1.38. The van der Waals surface area contributed by atoms with Crippen LogP contribution in [0, 0.1) is 11.3 Å². The van der Waals surface area contributed by atoms with Gasteiger partial charge >= 0.3 is 0 Å². The van der Waals surface area contributed by atoms with E-state index < -0.39 is 10.0 Å². The summed E-state index contributed by atoms with van der Waals surface area (Å²) in [5.41, 5.74) is 3.39. The smallest absolute Gasteiger partial charge is 0.269 e. The average Bonchev–Trinajstić information content (AvgIpc) is 3.60. The molecule has 6 aromatic rings. The molecule has 43 heavy (non-hydrogen) atoms. The van der Waals surface area contributed by atoms with Crippen molar-refractivity contribution in [3.8, 4) is 22.9 Å². The van der Waals surface area contributed by atoms with Gasteiger partial charge in [-0.15, -0.1) is 0 Å². The van der Waals surface area contributed by atoms with Crippen LogP contribution in [0.15, 0.2) is 96.4 Å². The fourth-order valence-electron chi connectivity index (χ4n) is 5.65. The van der Waals surface area contributed by atoms with Gasteiger partial charge in [0.05, 0.1) is 28.2 Å². The zero-order valence-electron chi connectivity index (χ0n) is 23.5. The minimum atomic E-state index is -4.08. The van der Waals surface area contributed by atoms with Crippen LogP contribution in [0.4, 0.5) is 0 Å². The van der Waals surface area contributed by atoms with Gasteiger partial charge in [-0.1, -0.05) is 48.5 Å². The summed E-state index contributed by atoms with van der Waals surface area (Å²) in [6.45, 7) is 3.46.